The van der Waals surface area contributed by atoms with Gasteiger partial charge in [-0.15, -0.1) is 0 Å². The lowest BCUT2D eigenvalue weighted by Gasteiger charge is -2.31. The zero-order valence-electron chi connectivity index (χ0n) is 14.9. The van der Waals surface area contributed by atoms with Gasteiger partial charge in [-0.25, -0.2) is 0 Å². The Morgan fingerprint density at radius 1 is 1.04 bits per heavy atom. The quantitative estimate of drug-likeness (QED) is 0.868. The number of carbonyl (C=O) groups is 2. The van der Waals surface area contributed by atoms with Crippen LogP contribution in [0.4, 0.5) is 0 Å². The van der Waals surface area contributed by atoms with Gasteiger partial charge in [-0.1, -0.05) is 11.6 Å². The molecule has 1 atom stereocenters. The van der Waals surface area contributed by atoms with Gasteiger partial charge in [0, 0.05) is 50.0 Å². The summed E-state index contributed by atoms with van der Waals surface area (Å²) in [5.74, 6) is 0.161. The van der Waals surface area contributed by atoms with Crippen LogP contribution in [-0.4, -0.2) is 67.0 Å². The average molecular weight is 380 g/mol. The average Bonchev–Trinajstić information content (AvgIpc) is 2.94. The molecule has 2 amide bonds. The van der Waals surface area contributed by atoms with E-state index in [4.69, 9.17) is 22.1 Å². The van der Waals surface area contributed by atoms with E-state index in [1.807, 2.05) is 4.90 Å². The summed E-state index contributed by atoms with van der Waals surface area (Å²) in [4.78, 5) is 29.1. The second kappa shape index (κ2) is 8.84. The third-order valence-corrected chi connectivity index (χ3v) is 5.50. The number of nitrogens with zero attached hydrogens (tertiary/aromatic N) is 2. The fraction of sp³-hybridized carbons (Fsp3) is 0.579. The summed E-state index contributed by atoms with van der Waals surface area (Å²) < 4.78 is 5.35. The SMILES string of the molecule is NC(C(=O)N1CCCN(C(=O)c2ccc(Cl)cc2)CC1)C1CCOCC1. The zero-order chi connectivity index (χ0) is 18.5. The first kappa shape index (κ1) is 19.1. The molecular weight excluding hydrogens is 354 g/mol. The van der Waals surface area contributed by atoms with Gasteiger partial charge in [-0.05, 0) is 49.4 Å². The highest BCUT2D eigenvalue weighted by Gasteiger charge is 2.31. The summed E-state index contributed by atoms with van der Waals surface area (Å²) in [6, 6.07) is 6.43. The molecule has 2 N–H and O–H groups in total. The maximum Gasteiger partial charge on any atom is 0.253 e. The van der Waals surface area contributed by atoms with E-state index in [2.05, 4.69) is 0 Å². The molecule has 7 heteroatoms. The van der Waals surface area contributed by atoms with E-state index < -0.39 is 6.04 Å². The molecule has 0 bridgehead atoms. The third kappa shape index (κ3) is 4.55. The van der Waals surface area contributed by atoms with Gasteiger partial charge in [-0.2, -0.15) is 0 Å². The van der Waals surface area contributed by atoms with Crippen molar-refractivity contribution in [3.05, 3.63) is 34.9 Å². The maximum absolute atomic E-state index is 12.8. The molecule has 26 heavy (non-hydrogen) atoms. The van der Waals surface area contributed by atoms with Crippen molar-refractivity contribution < 1.29 is 14.3 Å². The van der Waals surface area contributed by atoms with Gasteiger partial charge in [0.2, 0.25) is 5.91 Å². The number of carbonyl (C=O) groups excluding carboxylic acids is 2. The monoisotopic (exact) mass is 379 g/mol. The number of rotatable bonds is 3. The third-order valence-electron chi connectivity index (χ3n) is 5.24. The van der Waals surface area contributed by atoms with E-state index in [-0.39, 0.29) is 17.7 Å². The Morgan fingerprint density at radius 2 is 1.65 bits per heavy atom. The number of benzene rings is 1. The van der Waals surface area contributed by atoms with Gasteiger partial charge >= 0.3 is 0 Å². The van der Waals surface area contributed by atoms with Crippen LogP contribution in [0.25, 0.3) is 0 Å². The minimum Gasteiger partial charge on any atom is -0.381 e. The van der Waals surface area contributed by atoms with Gasteiger partial charge in [0.05, 0.1) is 6.04 Å². The Morgan fingerprint density at radius 3 is 2.35 bits per heavy atom. The Bertz CT molecular complexity index is 631. The van der Waals surface area contributed by atoms with E-state index >= 15 is 0 Å². The summed E-state index contributed by atoms with van der Waals surface area (Å²) in [6.07, 6.45) is 2.43. The van der Waals surface area contributed by atoms with E-state index in [0.29, 0.717) is 50.0 Å². The molecule has 1 aromatic rings. The molecule has 2 saturated heterocycles. The van der Waals surface area contributed by atoms with Gasteiger partial charge in [0.25, 0.3) is 5.91 Å². The lowest BCUT2D eigenvalue weighted by atomic mass is 9.91. The van der Waals surface area contributed by atoms with Crippen LogP contribution < -0.4 is 5.73 Å². The molecule has 2 fully saturated rings. The Kier molecular flexibility index (Phi) is 6.51. The summed E-state index contributed by atoms with van der Waals surface area (Å²) in [5.41, 5.74) is 6.85. The molecule has 142 valence electrons. The summed E-state index contributed by atoms with van der Waals surface area (Å²) in [5, 5.41) is 0.608. The first-order valence-electron chi connectivity index (χ1n) is 9.23. The van der Waals surface area contributed by atoms with Crippen molar-refractivity contribution in [3.63, 3.8) is 0 Å². The minimum atomic E-state index is -0.475. The van der Waals surface area contributed by atoms with E-state index in [1.54, 1.807) is 29.2 Å². The molecule has 3 rings (SSSR count). The van der Waals surface area contributed by atoms with Gasteiger partial charge in [0.15, 0.2) is 0 Å². The first-order chi connectivity index (χ1) is 12.6. The molecule has 0 saturated carbocycles. The minimum absolute atomic E-state index is 0.00214. The molecule has 1 unspecified atom stereocenters. The van der Waals surface area contributed by atoms with Crippen LogP contribution >= 0.6 is 11.6 Å². The molecule has 6 nitrogen and oxygen atoms in total. The van der Waals surface area contributed by atoms with E-state index in [0.717, 1.165) is 19.3 Å². The van der Waals surface area contributed by atoms with Crippen LogP contribution in [0.15, 0.2) is 24.3 Å². The van der Waals surface area contributed by atoms with Crippen molar-refractivity contribution in [1.82, 2.24) is 9.80 Å². The molecule has 2 aliphatic rings. The van der Waals surface area contributed by atoms with Crippen molar-refractivity contribution in [2.24, 2.45) is 11.7 Å². The second-order valence-corrected chi connectivity index (χ2v) is 7.39. The second-order valence-electron chi connectivity index (χ2n) is 6.95. The summed E-state index contributed by atoms with van der Waals surface area (Å²) >= 11 is 5.89. The lowest BCUT2D eigenvalue weighted by Crippen LogP contribution is -2.50. The van der Waals surface area contributed by atoms with Crippen molar-refractivity contribution in [3.8, 4) is 0 Å². The summed E-state index contributed by atoms with van der Waals surface area (Å²) in [7, 11) is 0. The zero-order valence-corrected chi connectivity index (χ0v) is 15.7. The van der Waals surface area contributed by atoms with Crippen molar-refractivity contribution in [1.29, 1.82) is 0 Å². The topological polar surface area (TPSA) is 75.9 Å². The molecule has 1 aromatic carbocycles. The standard InChI is InChI=1S/C19H26ClN3O3/c20-16-4-2-15(3-5-16)18(24)22-8-1-9-23(11-10-22)19(25)17(21)14-6-12-26-13-7-14/h2-5,14,17H,1,6-13,21H2. The molecule has 0 radical (unpaired) electrons. The number of hydrogen-bond donors (Lipinski definition) is 1. The molecule has 2 aliphatic heterocycles. The summed E-state index contributed by atoms with van der Waals surface area (Å²) in [6.45, 7) is 3.67. The Balaban J connectivity index is 1.58. The largest absolute Gasteiger partial charge is 0.381 e. The highest BCUT2D eigenvalue weighted by Crippen LogP contribution is 2.20. The lowest BCUT2D eigenvalue weighted by molar-refractivity contribution is -0.134. The highest BCUT2D eigenvalue weighted by atomic mass is 35.5. The Labute approximate surface area is 159 Å². The van der Waals surface area contributed by atoms with E-state index in [1.165, 1.54) is 0 Å². The fourth-order valence-electron chi connectivity index (χ4n) is 3.60. The number of amides is 2. The van der Waals surface area contributed by atoms with Crippen LogP contribution in [0.5, 0.6) is 0 Å². The molecule has 0 aromatic heterocycles. The molecule has 0 spiro atoms. The molecule has 2 heterocycles. The Hall–Kier alpha value is -1.63. The molecular formula is C19H26ClN3O3. The molecule has 0 aliphatic carbocycles. The maximum atomic E-state index is 12.8. The van der Waals surface area contributed by atoms with Gasteiger partial charge < -0.3 is 20.3 Å². The van der Waals surface area contributed by atoms with Crippen molar-refractivity contribution in [2.75, 3.05) is 39.4 Å². The number of ether oxygens (including phenoxy) is 1. The first-order valence-corrected chi connectivity index (χ1v) is 9.61. The van der Waals surface area contributed by atoms with Crippen LogP contribution in [0.1, 0.15) is 29.6 Å². The van der Waals surface area contributed by atoms with Gasteiger partial charge in [-0.3, -0.25) is 9.59 Å². The number of nitrogens with two attached hydrogens (primary N) is 1. The van der Waals surface area contributed by atoms with Crippen molar-refractivity contribution in [2.45, 2.75) is 25.3 Å². The number of halogens is 1. The predicted molar refractivity (Wildman–Crippen MR) is 100 cm³/mol. The van der Waals surface area contributed by atoms with Gasteiger partial charge in [0.1, 0.15) is 0 Å². The van der Waals surface area contributed by atoms with E-state index in [9.17, 15) is 9.59 Å². The van der Waals surface area contributed by atoms with Crippen LogP contribution in [0.3, 0.4) is 0 Å². The smallest absolute Gasteiger partial charge is 0.253 e. The fourth-order valence-corrected chi connectivity index (χ4v) is 3.73. The van der Waals surface area contributed by atoms with Crippen LogP contribution in [0.2, 0.25) is 5.02 Å². The van der Waals surface area contributed by atoms with Crippen LogP contribution in [0, 0.1) is 5.92 Å². The van der Waals surface area contributed by atoms with Crippen molar-refractivity contribution >= 4 is 23.4 Å². The number of hydrogen-bond acceptors (Lipinski definition) is 4. The normalized spacial score (nSPS) is 20.5. The predicted octanol–water partition coefficient (Wildman–Crippen LogP) is 1.77. The highest BCUT2D eigenvalue weighted by molar-refractivity contribution is 6.30. The van der Waals surface area contributed by atoms with Crippen LogP contribution in [-0.2, 0) is 9.53 Å².